The predicted octanol–water partition coefficient (Wildman–Crippen LogP) is 5.00. The normalized spacial score (nSPS) is 16.0. The number of hydrogen-bond acceptors (Lipinski definition) is 5. The summed E-state index contributed by atoms with van der Waals surface area (Å²) < 4.78 is 0.436. The topological polar surface area (TPSA) is 53.4 Å². The number of phenols is 1. The highest BCUT2D eigenvalue weighted by atomic mass is 35.5. The molecule has 128 valence electrons. The predicted molar refractivity (Wildman–Crippen MR) is 111 cm³/mol. The van der Waals surface area contributed by atoms with E-state index in [9.17, 15) is 9.90 Å². The fourth-order valence-corrected chi connectivity index (χ4v) is 4.14. The number of para-hydroxylation sites is 1. The number of pyridine rings is 1. The van der Waals surface area contributed by atoms with Crippen molar-refractivity contribution < 1.29 is 9.90 Å². The summed E-state index contributed by atoms with van der Waals surface area (Å²) in [4.78, 5) is 19.2. The molecule has 4 nitrogen and oxygen atoms in total. The van der Waals surface area contributed by atoms with Crippen molar-refractivity contribution in [1.29, 1.82) is 0 Å². The molecule has 3 aromatic rings. The molecule has 26 heavy (non-hydrogen) atoms. The first kappa shape index (κ1) is 17.0. The molecule has 1 N–H and O–H groups in total. The zero-order valence-corrected chi connectivity index (χ0v) is 15.6. The van der Waals surface area contributed by atoms with Gasteiger partial charge >= 0.3 is 0 Å². The van der Waals surface area contributed by atoms with E-state index in [1.54, 1.807) is 24.3 Å². The Kier molecular flexibility index (Phi) is 4.40. The fraction of sp³-hybridized carbons (Fsp3) is 0. The van der Waals surface area contributed by atoms with Crippen LogP contribution < -0.4 is 4.90 Å². The van der Waals surface area contributed by atoms with E-state index in [-0.39, 0.29) is 11.7 Å². The second-order valence-electron chi connectivity index (χ2n) is 5.58. The summed E-state index contributed by atoms with van der Waals surface area (Å²) in [6.07, 6.45) is 1.71. The van der Waals surface area contributed by atoms with Crippen LogP contribution in [0, 0.1) is 0 Å². The van der Waals surface area contributed by atoms with Crippen LogP contribution >= 0.6 is 35.6 Å². The maximum atomic E-state index is 12.8. The Morgan fingerprint density at radius 1 is 1.12 bits per heavy atom. The largest absolute Gasteiger partial charge is 0.508 e. The van der Waals surface area contributed by atoms with Gasteiger partial charge in [0.25, 0.3) is 5.91 Å². The SMILES string of the molecule is O=C1/C(=C/c2ccc3cccc(Cl)c3n2)SC(=S)N1c1ccc(O)cc1. The molecule has 1 aromatic heterocycles. The number of thiocarbonyl (C=S) groups is 1. The van der Waals surface area contributed by atoms with E-state index < -0.39 is 0 Å². The van der Waals surface area contributed by atoms with E-state index in [4.69, 9.17) is 23.8 Å². The Morgan fingerprint density at radius 3 is 2.65 bits per heavy atom. The van der Waals surface area contributed by atoms with Gasteiger partial charge in [-0.05, 0) is 42.5 Å². The smallest absolute Gasteiger partial charge is 0.270 e. The van der Waals surface area contributed by atoms with Gasteiger partial charge in [-0.15, -0.1) is 0 Å². The number of halogens is 1. The lowest BCUT2D eigenvalue weighted by atomic mass is 10.2. The zero-order chi connectivity index (χ0) is 18.3. The van der Waals surface area contributed by atoms with E-state index in [1.807, 2.05) is 24.3 Å². The van der Waals surface area contributed by atoms with Gasteiger partial charge in [0, 0.05) is 5.39 Å². The Labute approximate surface area is 164 Å². The Morgan fingerprint density at radius 2 is 1.88 bits per heavy atom. The van der Waals surface area contributed by atoms with Crippen LogP contribution in [0.3, 0.4) is 0 Å². The van der Waals surface area contributed by atoms with Crippen molar-refractivity contribution in [3.63, 3.8) is 0 Å². The Hall–Kier alpha value is -2.41. The molecule has 1 fully saturated rings. The maximum absolute atomic E-state index is 12.8. The average Bonchev–Trinajstić information content (AvgIpc) is 2.90. The zero-order valence-electron chi connectivity index (χ0n) is 13.2. The molecule has 1 amide bonds. The molecule has 1 aliphatic heterocycles. The number of hydrogen-bond donors (Lipinski definition) is 1. The first-order valence-electron chi connectivity index (χ1n) is 7.65. The summed E-state index contributed by atoms with van der Waals surface area (Å²) in [5.74, 6) is -0.0845. The summed E-state index contributed by atoms with van der Waals surface area (Å²) in [6.45, 7) is 0. The minimum Gasteiger partial charge on any atom is -0.508 e. The van der Waals surface area contributed by atoms with Crippen LogP contribution in [0.4, 0.5) is 5.69 Å². The van der Waals surface area contributed by atoms with Gasteiger partial charge in [-0.2, -0.15) is 0 Å². The van der Waals surface area contributed by atoms with Crippen molar-refractivity contribution >= 4 is 68.5 Å². The van der Waals surface area contributed by atoms with Crippen molar-refractivity contribution in [2.24, 2.45) is 0 Å². The van der Waals surface area contributed by atoms with Crippen LogP contribution in [0.2, 0.25) is 5.02 Å². The molecule has 4 rings (SSSR count). The first-order valence-corrected chi connectivity index (χ1v) is 9.25. The lowest BCUT2D eigenvalue weighted by Crippen LogP contribution is -2.27. The number of carbonyl (C=O) groups excluding carboxylic acids is 1. The Balaban J connectivity index is 1.70. The minimum absolute atomic E-state index is 0.131. The highest BCUT2D eigenvalue weighted by Gasteiger charge is 2.33. The van der Waals surface area contributed by atoms with Crippen LogP contribution in [0.1, 0.15) is 5.69 Å². The van der Waals surface area contributed by atoms with E-state index in [1.165, 1.54) is 28.8 Å². The standard InChI is InChI=1S/C19H11ClN2O2S2/c20-15-3-1-2-11-4-5-12(21-17(11)15)10-16-18(24)22(19(25)26-16)13-6-8-14(23)9-7-13/h1-10,23H/b16-10-. The van der Waals surface area contributed by atoms with Gasteiger partial charge in [-0.1, -0.05) is 53.8 Å². The molecule has 2 heterocycles. The van der Waals surface area contributed by atoms with E-state index >= 15 is 0 Å². The number of anilines is 1. The quantitative estimate of drug-likeness (QED) is 0.486. The van der Waals surface area contributed by atoms with Gasteiger partial charge in [0.2, 0.25) is 0 Å². The number of fused-ring (bicyclic) bond motifs is 1. The molecule has 0 spiro atoms. The van der Waals surface area contributed by atoms with Gasteiger partial charge in [-0.3, -0.25) is 9.69 Å². The highest BCUT2D eigenvalue weighted by molar-refractivity contribution is 8.27. The lowest BCUT2D eigenvalue weighted by Gasteiger charge is -2.14. The number of amides is 1. The molecule has 0 saturated carbocycles. The number of rotatable bonds is 2. The molecule has 1 aliphatic rings. The van der Waals surface area contributed by atoms with Gasteiger partial charge in [0.05, 0.1) is 26.8 Å². The van der Waals surface area contributed by atoms with E-state index in [2.05, 4.69) is 4.98 Å². The molecule has 7 heteroatoms. The summed E-state index contributed by atoms with van der Waals surface area (Å²) in [7, 11) is 0. The van der Waals surface area contributed by atoms with Crippen molar-refractivity contribution in [2.45, 2.75) is 0 Å². The monoisotopic (exact) mass is 398 g/mol. The van der Waals surface area contributed by atoms with Crippen molar-refractivity contribution in [3.05, 3.63) is 70.2 Å². The molecule has 0 bridgehead atoms. The number of thioether (sulfide) groups is 1. The molecule has 2 aromatic carbocycles. The summed E-state index contributed by atoms with van der Waals surface area (Å²) in [5, 5.41) is 10.9. The highest BCUT2D eigenvalue weighted by Crippen LogP contribution is 2.36. The molecule has 0 aliphatic carbocycles. The second kappa shape index (κ2) is 6.72. The summed E-state index contributed by atoms with van der Waals surface area (Å²) >= 11 is 12.8. The minimum atomic E-state index is -0.216. The number of benzene rings is 2. The first-order chi connectivity index (χ1) is 12.5. The summed E-state index contributed by atoms with van der Waals surface area (Å²) in [6, 6.07) is 15.7. The lowest BCUT2D eigenvalue weighted by molar-refractivity contribution is -0.113. The third kappa shape index (κ3) is 3.07. The third-order valence-corrected chi connectivity index (χ3v) is 5.48. The van der Waals surface area contributed by atoms with E-state index in [0.717, 1.165) is 5.39 Å². The second-order valence-corrected chi connectivity index (χ2v) is 7.66. The number of carbonyl (C=O) groups is 1. The van der Waals surface area contributed by atoms with Gasteiger partial charge in [-0.25, -0.2) is 4.98 Å². The third-order valence-electron chi connectivity index (χ3n) is 3.87. The summed E-state index contributed by atoms with van der Waals surface area (Å²) in [5.41, 5.74) is 1.94. The Bertz CT molecular complexity index is 1080. The number of nitrogens with zero attached hydrogens (tertiary/aromatic N) is 2. The molecular weight excluding hydrogens is 388 g/mol. The van der Waals surface area contributed by atoms with E-state index in [0.29, 0.717) is 31.1 Å². The average molecular weight is 399 g/mol. The molecule has 0 atom stereocenters. The number of aromatic hydroxyl groups is 1. The van der Waals surface area contributed by atoms with Crippen molar-refractivity contribution in [2.75, 3.05) is 4.90 Å². The van der Waals surface area contributed by atoms with Crippen molar-refractivity contribution in [3.8, 4) is 5.75 Å². The van der Waals surface area contributed by atoms with Crippen LogP contribution in [0.5, 0.6) is 5.75 Å². The van der Waals surface area contributed by atoms with Crippen molar-refractivity contribution in [1.82, 2.24) is 4.98 Å². The van der Waals surface area contributed by atoms with Crippen LogP contribution in [-0.4, -0.2) is 20.3 Å². The van der Waals surface area contributed by atoms with Crippen LogP contribution in [0.15, 0.2) is 59.5 Å². The molecule has 1 saturated heterocycles. The van der Waals surface area contributed by atoms with Gasteiger partial charge in [0.1, 0.15) is 5.75 Å². The van der Waals surface area contributed by atoms with Gasteiger partial charge in [0.15, 0.2) is 4.32 Å². The maximum Gasteiger partial charge on any atom is 0.270 e. The molecule has 0 radical (unpaired) electrons. The molecular formula is C19H11ClN2O2S2. The van der Waals surface area contributed by atoms with Crippen LogP contribution in [0.25, 0.3) is 17.0 Å². The number of aromatic nitrogens is 1. The molecule has 0 unspecified atom stereocenters. The van der Waals surface area contributed by atoms with Crippen LogP contribution in [-0.2, 0) is 4.79 Å². The fourth-order valence-electron chi connectivity index (χ4n) is 2.63. The number of phenolic OH excluding ortho intramolecular Hbond substituents is 1. The van der Waals surface area contributed by atoms with Gasteiger partial charge < -0.3 is 5.11 Å².